The van der Waals surface area contributed by atoms with Crippen molar-refractivity contribution in [3.8, 4) is 0 Å². The number of nitrogens with one attached hydrogen (secondary N) is 2. The van der Waals surface area contributed by atoms with E-state index in [0.717, 1.165) is 10.5 Å². The molecule has 0 aromatic heterocycles. The number of hydrogen-bond donors (Lipinski definition) is 2. The first-order chi connectivity index (χ1) is 10.1. The molecule has 1 saturated heterocycles. The molecule has 1 amide bonds. The fourth-order valence-corrected chi connectivity index (χ4v) is 3.01. The lowest BCUT2D eigenvalue weighted by Crippen LogP contribution is -2.52. The summed E-state index contributed by atoms with van der Waals surface area (Å²) in [6.07, 6.45) is 6.24. The summed E-state index contributed by atoms with van der Waals surface area (Å²) in [5.41, 5.74) is 6.68. The lowest BCUT2D eigenvalue weighted by molar-refractivity contribution is -0.125. The molecular formula is C16H20N2O2S. The average molecular weight is 304 g/mol. The number of benzene rings is 1. The van der Waals surface area contributed by atoms with Gasteiger partial charge in [-0.25, -0.2) is 5.43 Å². The molecule has 1 aliphatic rings. The normalized spacial score (nSPS) is 23.8. The molecule has 5 heteroatoms. The van der Waals surface area contributed by atoms with E-state index in [1.54, 1.807) is 6.08 Å². The van der Waals surface area contributed by atoms with Crippen molar-refractivity contribution in [1.82, 2.24) is 10.9 Å². The molecule has 3 unspecified atom stereocenters. The van der Waals surface area contributed by atoms with E-state index < -0.39 is 10.8 Å². The number of rotatable bonds is 5. The molecule has 0 radical (unpaired) electrons. The van der Waals surface area contributed by atoms with E-state index in [4.69, 9.17) is 0 Å². The van der Waals surface area contributed by atoms with Crippen LogP contribution in [0, 0.1) is 5.92 Å². The van der Waals surface area contributed by atoms with Crippen molar-refractivity contribution in [2.24, 2.45) is 5.92 Å². The topological polar surface area (TPSA) is 58.2 Å². The van der Waals surface area contributed by atoms with Crippen molar-refractivity contribution < 1.29 is 9.00 Å². The van der Waals surface area contributed by atoms with Crippen LogP contribution in [0.25, 0.3) is 6.08 Å². The fourth-order valence-electron chi connectivity index (χ4n) is 2.16. The Morgan fingerprint density at radius 3 is 2.71 bits per heavy atom. The molecule has 3 atom stereocenters. The van der Waals surface area contributed by atoms with Crippen molar-refractivity contribution in [3.63, 3.8) is 0 Å². The number of amides is 1. The Labute approximate surface area is 127 Å². The first kappa shape index (κ1) is 15.7. The van der Waals surface area contributed by atoms with E-state index >= 15 is 0 Å². The Balaban J connectivity index is 1.99. The molecule has 4 nitrogen and oxygen atoms in total. The summed E-state index contributed by atoms with van der Waals surface area (Å²) >= 11 is 0. The molecule has 112 valence electrons. The van der Waals surface area contributed by atoms with Crippen LogP contribution >= 0.6 is 0 Å². The van der Waals surface area contributed by atoms with Crippen LogP contribution in [-0.2, 0) is 15.6 Å². The van der Waals surface area contributed by atoms with Crippen LogP contribution in [-0.4, -0.2) is 21.9 Å². The Morgan fingerprint density at radius 1 is 1.38 bits per heavy atom. The summed E-state index contributed by atoms with van der Waals surface area (Å²) in [6.45, 7) is 5.64. The van der Waals surface area contributed by atoms with E-state index in [-0.39, 0.29) is 17.9 Å². The quantitative estimate of drug-likeness (QED) is 0.818. The summed E-state index contributed by atoms with van der Waals surface area (Å²) < 4.78 is 11.8. The van der Waals surface area contributed by atoms with E-state index in [1.165, 1.54) is 0 Å². The van der Waals surface area contributed by atoms with Gasteiger partial charge in [-0.3, -0.25) is 14.4 Å². The van der Waals surface area contributed by atoms with Gasteiger partial charge in [0.25, 0.3) is 0 Å². The van der Waals surface area contributed by atoms with Crippen LogP contribution in [0.1, 0.15) is 18.9 Å². The first-order valence-electron chi connectivity index (χ1n) is 6.92. The van der Waals surface area contributed by atoms with Crippen LogP contribution in [0.4, 0.5) is 0 Å². The highest BCUT2D eigenvalue weighted by Crippen LogP contribution is 2.15. The molecule has 1 aliphatic heterocycles. The SMILES string of the molecule is C=CCS(=O)c1ccc(/C=C/C2NNC(=O)CC2C)cc1. The maximum Gasteiger partial charge on any atom is 0.234 e. The van der Waals surface area contributed by atoms with Crippen LogP contribution in [0.2, 0.25) is 0 Å². The number of carbonyl (C=O) groups is 1. The second kappa shape index (κ2) is 7.33. The monoisotopic (exact) mass is 304 g/mol. The molecule has 0 saturated carbocycles. The Bertz CT molecular complexity index is 566. The van der Waals surface area contributed by atoms with Crippen molar-refractivity contribution in [1.29, 1.82) is 0 Å². The predicted molar refractivity (Wildman–Crippen MR) is 85.8 cm³/mol. The van der Waals surface area contributed by atoms with Gasteiger partial charge in [-0.1, -0.05) is 37.3 Å². The molecule has 1 aromatic rings. The molecule has 1 aromatic carbocycles. The van der Waals surface area contributed by atoms with Gasteiger partial charge in [0.05, 0.1) is 10.8 Å². The Hall–Kier alpha value is -1.72. The van der Waals surface area contributed by atoms with E-state index in [2.05, 4.69) is 17.4 Å². The first-order valence-corrected chi connectivity index (χ1v) is 8.24. The molecule has 1 fully saturated rings. The molecule has 21 heavy (non-hydrogen) atoms. The fraction of sp³-hybridized carbons (Fsp3) is 0.312. The molecule has 0 bridgehead atoms. The molecule has 0 spiro atoms. The van der Waals surface area contributed by atoms with Gasteiger partial charge in [-0.05, 0) is 23.6 Å². The standard InChI is InChI=1S/C16H20N2O2S/c1-3-10-21(20)14-7-4-13(5-8-14)6-9-15-12(2)11-16(19)18-17-15/h3-9,12,15,17H,1,10-11H2,2H3,(H,18,19)/b9-6+. The van der Waals surface area contributed by atoms with Crippen molar-refractivity contribution >= 4 is 22.8 Å². The van der Waals surface area contributed by atoms with Crippen molar-refractivity contribution in [3.05, 3.63) is 48.6 Å². The van der Waals surface area contributed by atoms with Gasteiger partial charge in [-0.15, -0.1) is 6.58 Å². The van der Waals surface area contributed by atoms with Crippen LogP contribution < -0.4 is 10.9 Å². The van der Waals surface area contributed by atoms with E-state index in [9.17, 15) is 9.00 Å². The van der Waals surface area contributed by atoms with Crippen LogP contribution in [0.5, 0.6) is 0 Å². The zero-order valence-corrected chi connectivity index (χ0v) is 12.9. The minimum absolute atomic E-state index is 0.0289. The van der Waals surface area contributed by atoms with Crippen LogP contribution in [0.15, 0.2) is 47.9 Å². The highest BCUT2D eigenvalue weighted by Gasteiger charge is 2.22. The summed E-state index contributed by atoms with van der Waals surface area (Å²) in [5, 5.41) is 0. The number of carbonyl (C=O) groups excluding carboxylic acids is 1. The summed E-state index contributed by atoms with van der Waals surface area (Å²) in [5.74, 6) is 0.758. The Morgan fingerprint density at radius 2 is 2.10 bits per heavy atom. The predicted octanol–water partition coefficient (Wildman–Crippen LogP) is 2.02. The summed E-state index contributed by atoms with van der Waals surface area (Å²) in [4.78, 5) is 12.0. The van der Waals surface area contributed by atoms with Crippen LogP contribution in [0.3, 0.4) is 0 Å². The lowest BCUT2D eigenvalue weighted by Gasteiger charge is -2.27. The second-order valence-electron chi connectivity index (χ2n) is 5.13. The van der Waals surface area contributed by atoms with Gasteiger partial charge < -0.3 is 0 Å². The lowest BCUT2D eigenvalue weighted by atomic mass is 9.96. The highest BCUT2D eigenvalue weighted by atomic mass is 32.2. The van der Waals surface area contributed by atoms with Gasteiger partial charge in [0.1, 0.15) is 0 Å². The maximum absolute atomic E-state index is 11.8. The number of hydrazine groups is 1. The van der Waals surface area contributed by atoms with E-state index in [1.807, 2.05) is 43.3 Å². The van der Waals surface area contributed by atoms with Crippen molar-refractivity contribution in [2.75, 3.05) is 5.75 Å². The zero-order valence-electron chi connectivity index (χ0n) is 12.0. The third-order valence-corrected chi connectivity index (χ3v) is 4.74. The van der Waals surface area contributed by atoms with Gasteiger partial charge in [0.2, 0.25) is 5.91 Å². The summed E-state index contributed by atoms with van der Waals surface area (Å²) in [7, 11) is -1.01. The highest BCUT2D eigenvalue weighted by molar-refractivity contribution is 7.85. The molecular weight excluding hydrogens is 284 g/mol. The molecule has 1 heterocycles. The van der Waals surface area contributed by atoms with Gasteiger partial charge in [-0.2, -0.15) is 0 Å². The third kappa shape index (κ3) is 4.37. The smallest absolute Gasteiger partial charge is 0.234 e. The minimum Gasteiger partial charge on any atom is -0.291 e. The van der Waals surface area contributed by atoms with E-state index in [0.29, 0.717) is 12.2 Å². The number of hydrogen-bond acceptors (Lipinski definition) is 3. The zero-order chi connectivity index (χ0) is 15.2. The van der Waals surface area contributed by atoms with Gasteiger partial charge in [0, 0.05) is 23.1 Å². The summed E-state index contributed by atoms with van der Waals surface area (Å²) in [6, 6.07) is 7.76. The third-order valence-electron chi connectivity index (χ3n) is 3.41. The average Bonchev–Trinajstić information content (AvgIpc) is 2.47. The molecule has 2 N–H and O–H groups in total. The van der Waals surface area contributed by atoms with Gasteiger partial charge in [0.15, 0.2) is 0 Å². The molecule has 2 rings (SSSR count). The minimum atomic E-state index is -1.01. The Kier molecular flexibility index (Phi) is 5.47. The van der Waals surface area contributed by atoms with Gasteiger partial charge >= 0.3 is 0 Å². The molecule has 0 aliphatic carbocycles. The maximum atomic E-state index is 11.8. The largest absolute Gasteiger partial charge is 0.291 e. The second-order valence-corrected chi connectivity index (χ2v) is 6.62. The van der Waals surface area contributed by atoms with Crippen molar-refractivity contribution in [2.45, 2.75) is 24.3 Å².